The Labute approximate surface area is 135 Å². The summed E-state index contributed by atoms with van der Waals surface area (Å²) in [6.07, 6.45) is 1.42. The minimum atomic E-state index is -0.921. The second kappa shape index (κ2) is 7.09. The number of benzene rings is 1. The molecule has 2 rings (SSSR count). The number of carbonyl (C=O) groups excluding carboxylic acids is 1. The van der Waals surface area contributed by atoms with Gasteiger partial charge in [-0.1, -0.05) is 23.8 Å². The summed E-state index contributed by atoms with van der Waals surface area (Å²) in [4.78, 5) is 23.1. The van der Waals surface area contributed by atoms with Crippen molar-refractivity contribution in [1.82, 2.24) is 15.1 Å². The van der Waals surface area contributed by atoms with Gasteiger partial charge in [-0.2, -0.15) is 5.10 Å². The van der Waals surface area contributed by atoms with Crippen LogP contribution >= 0.6 is 0 Å². The van der Waals surface area contributed by atoms with Gasteiger partial charge in [0, 0.05) is 6.20 Å². The van der Waals surface area contributed by atoms with Crippen LogP contribution in [0.25, 0.3) is 0 Å². The van der Waals surface area contributed by atoms with E-state index in [1.807, 2.05) is 32.9 Å². The topological polar surface area (TPSA) is 84.2 Å². The van der Waals surface area contributed by atoms with Crippen molar-refractivity contribution in [3.63, 3.8) is 0 Å². The minimum absolute atomic E-state index is 0.0748. The number of aryl methyl sites for hydroxylation is 3. The van der Waals surface area contributed by atoms with Crippen molar-refractivity contribution in [3.8, 4) is 0 Å². The minimum Gasteiger partial charge on any atom is -0.481 e. The maximum Gasteiger partial charge on any atom is 0.305 e. The van der Waals surface area contributed by atoms with Crippen LogP contribution in [0.1, 0.15) is 46.6 Å². The Bertz CT molecular complexity index is 722. The number of rotatable bonds is 6. The second-order valence-corrected chi connectivity index (χ2v) is 5.64. The summed E-state index contributed by atoms with van der Waals surface area (Å²) in [6, 6.07) is 7.55. The highest BCUT2D eigenvalue weighted by Crippen LogP contribution is 2.19. The van der Waals surface area contributed by atoms with Crippen molar-refractivity contribution >= 4 is 11.9 Å². The van der Waals surface area contributed by atoms with Crippen LogP contribution < -0.4 is 5.32 Å². The van der Waals surface area contributed by atoms with Crippen LogP contribution in [-0.2, 0) is 11.3 Å². The predicted molar refractivity (Wildman–Crippen MR) is 86.3 cm³/mol. The molecule has 0 bridgehead atoms. The van der Waals surface area contributed by atoms with Crippen LogP contribution in [-0.4, -0.2) is 26.8 Å². The van der Waals surface area contributed by atoms with E-state index in [-0.39, 0.29) is 24.9 Å². The smallest absolute Gasteiger partial charge is 0.305 e. The molecule has 0 aliphatic carbocycles. The number of nitrogens with one attached hydrogen (secondary N) is 1. The molecule has 2 aromatic rings. The third-order valence-corrected chi connectivity index (χ3v) is 3.73. The molecular weight excluding hydrogens is 294 g/mol. The number of carbonyl (C=O) groups is 2. The van der Waals surface area contributed by atoms with Gasteiger partial charge in [0.1, 0.15) is 5.69 Å². The normalized spacial score (nSPS) is 12.0. The molecule has 0 saturated heterocycles. The molecule has 0 radical (unpaired) electrons. The van der Waals surface area contributed by atoms with E-state index in [1.54, 1.807) is 6.07 Å². The van der Waals surface area contributed by atoms with Gasteiger partial charge in [0.15, 0.2) is 0 Å². The molecule has 0 aliphatic rings. The Hall–Kier alpha value is -2.63. The maximum atomic E-state index is 12.4. The second-order valence-electron chi connectivity index (χ2n) is 5.64. The Balaban J connectivity index is 2.09. The maximum absolute atomic E-state index is 12.4. The number of hydrogen-bond donors (Lipinski definition) is 2. The number of nitrogens with zero attached hydrogens (tertiary/aromatic N) is 2. The van der Waals surface area contributed by atoms with Crippen molar-refractivity contribution in [1.29, 1.82) is 0 Å². The fourth-order valence-electron chi connectivity index (χ4n) is 2.57. The molecule has 0 spiro atoms. The van der Waals surface area contributed by atoms with Gasteiger partial charge >= 0.3 is 5.97 Å². The Morgan fingerprint density at radius 1 is 1.30 bits per heavy atom. The monoisotopic (exact) mass is 315 g/mol. The first-order valence-electron chi connectivity index (χ1n) is 7.50. The Kier molecular flexibility index (Phi) is 5.16. The SMILES string of the molecule is Cc1ccc(C(C)NC(=O)c2ccnn2CCC(=O)O)c(C)c1. The van der Waals surface area contributed by atoms with E-state index in [9.17, 15) is 9.59 Å². The number of aromatic nitrogens is 2. The van der Waals surface area contributed by atoms with Gasteiger partial charge in [0.2, 0.25) is 0 Å². The van der Waals surface area contributed by atoms with E-state index >= 15 is 0 Å². The lowest BCUT2D eigenvalue weighted by molar-refractivity contribution is -0.137. The molecule has 6 nitrogen and oxygen atoms in total. The van der Waals surface area contributed by atoms with E-state index in [0.717, 1.165) is 11.1 Å². The van der Waals surface area contributed by atoms with Gasteiger partial charge in [-0.25, -0.2) is 0 Å². The average molecular weight is 315 g/mol. The first kappa shape index (κ1) is 16.7. The molecule has 1 amide bonds. The lowest BCUT2D eigenvalue weighted by Crippen LogP contribution is -2.29. The van der Waals surface area contributed by atoms with Crippen LogP contribution in [0.5, 0.6) is 0 Å². The molecule has 2 N–H and O–H groups in total. The zero-order valence-corrected chi connectivity index (χ0v) is 13.5. The molecule has 1 atom stereocenters. The van der Waals surface area contributed by atoms with Crippen LogP contribution in [0.15, 0.2) is 30.5 Å². The van der Waals surface area contributed by atoms with Crippen molar-refractivity contribution in [2.45, 2.75) is 39.8 Å². The average Bonchev–Trinajstić information content (AvgIpc) is 2.93. The zero-order valence-electron chi connectivity index (χ0n) is 13.5. The van der Waals surface area contributed by atoms with Gasteiger partial charge in [0.25, 0.3) is 5.91 Å². The predicted octanol–water partition coefficient (Wildman–Crippen LogP) is 2.47. The lowest BCUT2D eigenvalue weighted by atomic mass is 10.0. The van der Waals surface area contributed by atoms with E-state index < -0.39 is 5.97 Å². The highest BCUT2D eigenvalue weighted by molar-refractivity contribution is 5.92. The fourth-order valence-corrected chi connectivity index (χ4v) is 2.57. The third-order valence-electron chi connectivity index (χ3n) is 3.73. The van der Waals surface area contributed by atoms with Crippen LogP contribution in [0.4, 0.5) is 0 Å². The molecule has 1 unspecified atom stereocenters. The van der Waals surface area contributed by atoms with Gasteiger partial charge < -0.3 is 10.4 Å². The van der Waals surface area contributed by atoms with Crippen molar-refractivity contribution in [3.05, 3.63) is 52.8 Å². The van der Waals surface area contributed by atoms with Crippen LogP contribution in [0.2, 0.25) is 0 Å². The van der Waals surface area contributed by atoms with E-state index in [0.29, 0.717) is 5.69 Å². The quantitative estimate of drug-likeness (QED) is 0.857. The molecule has 122 valence electrons. The van der Waals surface area contributed by atoms with Gasteiger partial charge in [0.05, 0.1) is 19.0 Å². The van der Waals surface area contributed by atoms with Gasteiger partial charge in [-0.15, -0.1) is 0 Å². The largest absolute Gasteiger partial charge is 0.481 e. The Morgan fingerprint density at radius 2 is 2.04 bits per heavy atom. The van der Waals surface area contributed by atoms with E-state index in [2.05, 4.69) is 16.5 Å². The van der Waals surface area contributed by atoms with Gasteiger partial charge in [-0.05, 0) is 38.0 Å². The molecule has 0 aliphatic heterocycles. The molecule has 23 heavy (non-hydrogen) atoms. The summed E-state index contributed by atoms with van der Waals surface area (Å²) in [6.45, 7) is 6.14. The summed E-state index contributed by atoms with van der Waals surface area (Å²) in [5, 5.41) is 15.7. The van der Waals surface area contributed by atoms with Crippen LogP contribution in [0.3, 0.4) is 0 Å². The number of amides is 1. The van der Waals surface area contributed by atoms with Crippen molar-refractivity contribution in [2.75, 3.05) is 0 Å². The first-order valence-corrected chi connectivity index (χ1v) is 7.50. The van der Waals surface area contributed by atoms with Crippen LogP contribution in [0, 0.1) is 13.8 Å². The summed E-state index contributed by atoms with van der Waals surface area (Å²) in [5.41, 5.74) is 3.72. The summed E-state index contributed by atoms with van der Waals surface area (Å²) in [7, 11) is 0. The standard InChI is InChI=1S/C17H21N3O3/c1-11-4-5-14(12(2)10-11)13(3)19-17(23)15-6-8-18-20(15)9-7-16(21)22/h4-6,8,10,13H,7,9H2,1-3H3,(H,19,23)(H,21,22). The number of aliphatic carboxylic acids is 1. The summed E-state index contributed by atoms with van der Waals surface area (Å²) in [5.74, 6) is -1.18. The molecule has 1 aromatic heterocycles. The zero-order chi connectivity index (χ0) is 17.0. The molecule has 1 aromatic carbocycles. The van der Waals surface area contributed by atoms with Crippen molar-refractivity contribution in [2.24, 2.45) is 0 Å². The highest BCUT2D eigenvalue weighted by atomic mass is 16.4. The van der Waals surface area contributed by atoms with E-state index in [1.165, 1.54) is 16.4 Å². The summed E-state index contributed by atoms with van der Waals surface area (Å²) < 4.78 is 1.41. The Morgan fingerprint density at radius 3 is 2.70 bits per heavy atom. The molecule has 0 fully saturated rings. The lowest BCUT2D eigenvalue weighted by Gasteiger charge is -2.17. The fraction of sp³-hybridized carbons (Fsp3) is 0.353. The third kappa shape index (κ3) is 4.18. The summed E-state index contributed by atoms with van der Waals surface area (Å²) >= 11 is 0. The van der Waals surface area contributed by atoms with Crippen molar-refractivity contribution < 1.29 is 14.7 Å². The molecule has 1 heterocycles. The van der Waals surface area contributed by atoms with E-state index in [4.69, 9.17) is 5.11 Å². The molecule has 6 heteroatoms. The van der Waals surface area contributed by atoms with Gasteiger partial charge in [-0.3, -0.25) is 14.3 Å². The number of carboxylic acids is 1. The first-order chi connectivity index (χ1) is 10.9. The molecule has 0 saturated carbocycles. The number of carboxylic acid groups (broad SMARTS) is 1. The molecular formula is C17H21N3O3. The highest BCUT2D eigenvalue weighted by Gasteiger charge is 2.17. The number of hydrogen-bond acceptors (Lipinski definition) is 3.